The van der Waals surface area contributed by atoms with Gasteiger partial charge < -0.3 is 0 Å². The number of halogens is 1. The molecule has 0 N–H and O–H groups in total. The van der Waals surface area contributed by atoms with Crippen molar-refractivity contribution in [3.05, 3.63) is 46.3 Å². The monoisotopic (exact) mass is 328 g/mol. The average Bonchev–Trinajstić information content (AvgIpc) is 2.61. The molecule has 2 aliphatic carbocycles. The first kappa shape index (κ1) is 17.7. The number of rotatable bonds is 6. The van der Waals surface area contributed by atoms with Crippen LogP contribution in [0.2, 0.25) is 0 Å². The van der Waals surface area contributed by atoms with Gasteiger partial charge in [-0.3, -0.25) is 0 Å². The first-order chi connectivity index (χ1) is 11.7. The van der Waals surface area contributed by atoms with Gasteiger partial charge in [-0.05, 0) is 73.5 Å². The molecule has 0 radical (unpaired) electrons. The fourth-order valence-electron chi connectivity index (χ4n) is 4.71. The second kappa shape index (κ2) is 8.32. The van der Waals surface area contributed by atoms with Gasteiger partial charge in [0.15, 0.2) is 0 Å². The molecule has 1 saturated carbocycles. The van der Waals surface area contributed by atoms with E-state index in [9.17, 15) is 0 Å². The molecular formula is C23H33F. The standard InChI is InChI=1S/C23H33F/c1-3-5-7-17-8-11-19(12-9-17)21-15-13-20-16-18(6-4-2)10-14-22(20)23(21)24/h10,13,15,17,19H,3-9,11-12,14,16H2,1-2H3. The van der Waals surface area contributed by atoms with Gasteiger partial charge in [0, 0.05) is 0 Å². The lowest BCUT2D eigenvalue weighted by molar-refractivity contribution is 0.300. The maximum Gasteiger partial charge on any atom is 0.130 e. The highest BCUT2D eigenvalue weighted by atomic mass is 19.1. The summed E-state index contributed by atoms with van der Waals surface area (Å²) in [7, 11) is 0. The van der Waals surface area contributed by atoms with Crippen molar-refractivity contribution in [2.24, 2.45) is 5.92 Å². The van der Waals surface area contributed by atoms with E-state index < -0.39 is 0 Å². The fraction of sp³-hybridized carbons (Fsp3) is 0.652. The summed E-state index contributed by atoms with van der Waals surface area (Å²) in [6.07, 6.45) is 15.4. The van der Waals surface area contributed by atoms with Crippen LogP contribution >= 0.6 is 0 Å². The molecule has 2 aliphatic rings. The first-order valence-corrected chi connectivity index (χ1v) is 10.2. The molecule has 1 fully saturated rings. The third-order valence-corrected chi connectivity index (χ3v) is 6.21. The van der Waals surface area contributed by atoms with Crippen molar-refractivity contribution in [2.75, 3.05) is 0 Å². The Bertz CT molecular complexity index is 576. The number of allylic oxidation sites excluding steroid dienone is 2. The largest absolute Gasteiger partial charge is 0.206 e. The zero-order chi connectivity index (χ0) is 16.9. The van der Waals surface area contributed by atoms with Crippen molar-refractivity contribution in [1.82, 2.24) is 0 Å². The summed E-state index contributed by atoms with van der Waals surface area (Å²) in [5.74, 6) is 1.46. The molecule has 24 heavy (non-hydrogen) atoms. The minimum Gasteiger partial charge on any atom is -0.206 e. The number of hydrogen-bond donors (Lipinski definition) is 0. The van der Waals surface area contributed by atoms with E-state index in [4.69, 9.17) is 0 Å². The Labute approximate surface area is 147 Å². The van der Waals surface area contributed by atoms with E-state index in [0.29, 0.717) is 5.92 Å². The second-order valence-corrected chi connectivity index (χ2v) is 7.96. The highest BCUT2D eigenvalue weighted by Crippen LogP contribution is 2.40. The summed E-state index contributed by atoms with van der Waals surface area (Å²) in [6, 6.07) is 4.33. The van der Waals surface area contributed by atoms with Crippen LogP contribution in [0.4, 0.5) is 4.39 Å². The third kappa shape index (κ3) is 3.92. The molecule has 0 aliphatic heterocycles. The van der Waals surface area contributed by atoms with Crippen LogP contribution in [0.15, 0.2) is 23.8 Å². The van der Waals surface area contributed by atoms with E-state index in [1.165, 1.54) is 62.5 Å². The van der Waals surface area contributed by atoms with Crippen LogP contribution in [0.25, 0.3) is 0 Å². The topological polar surface area (TPSA) is 0 Å². The predicted octanol–water partition coefficient (Wildman–Crippen LogP) is 7.11. The van der Waals surface area contributed by atoms with E-state index in [1.807, 2.05) is 0 Å². The van der Waals surface area contributed by atoms with Gasteiger partial charge >= 0.3 is 0 Å². The molecule has 1 heteroatoms. The molecule has 0 amide bonds. The smallest absolute Gasteiger partial charge is 0.130 e. The summed E-state index contributed by atoms with van der Waals surface area (Å²) < 4.78 is 15.1. The third-order valence-electron chi connectivity index (χ3n) is 6.21. The number of benzene rings is 1. The summed E-state index contributed by atoms with van der Waals surface area (Å²) >= 11 is 0. The summed E-state index contributed by atoms with van der Waals surface area (Å²) in [5.41, 5.74) is 4.72. The molecule has 0 atom stereocenters. The number of hydrogen-bond acceptors (Lipinski definition) is 0. The van der Waals surface area contributed by atoms with Gasteiger partial charge in [0.05, 0.1) is 0 Å². The van der Waals surface area contributed by atoms with Gasteiger partial charge in [-0.25, -0.2) is 4.39 Å². The van der Waals surface area contributed by atoms with Gasteiger partial charge in [-0.15, -0.1) is 0 Å². The van der Waals surface area contributed by atoms with E-state index in [1.54, 1.807) is 0 Å². The van der Waals surface area contributed by atoms with Crippen molar-refractivity contribution in [3.63, 3.8) is 0 Å². The molecule has 0 bridgehead atoms. The Hall–Kier alpha value is -1.11. The van der Waals surface area contributed by atoms with E-state index >= 15 is 4.39 Å². The van der Waals surface area contributed by atoms with Crippen LogP contribution in [-0.4, -0.2) is 0 Å². The summed E-state index contributed by atoms with van der Waals surface area (Å²) in [4.78, 5) is 0. The zero-order valence-corrected chi connectivity index (χ0v) is 15.5. The SMILES string of the molecule is CCCCC1CCC(c2ccc3c(c2F)CC=C(CCC)C3)CC1. The molecule has 132 valence electrons. The highest BCUT2D eigenvalue weighted by Gasteiger charge is 2.26. The predicted molar refractivity (Wildman–Crippen MR) is 101 cm³/mol. The fourth-order valence-corrected chi connectivity index (χ4v) is 4.71. The molecule has 0 heterocycles. The Balaban J connectivity index is 1.67. The van der Waals surface area contributed by atoms with Gasteiger partial charge in [-0.1, -0.05) is 63.3 Å². The Morgan fingerprint density at radius 3 is 2.54 bits per heavy atom. The van der Waals surface area contributed by atoms with E-state index in [-0.39, 0.29) is 5.82 Å². The van der Waals surface area contributed by atoms with Crippen molar-refractivity contribution >= 4 is 0 Å². The van der Waals surface area contributed by atoms with Crippen molar-refractivity contribution in [3.8, 4) is 0 Å². The van der Waals surface area contributed by atoms with Crippen LogP contribution in [0.5, 0.6) is 0 Å². The number of fused-ring (bicyclic) bond motifs is 1. The average molecular weight is 329 g/mol. The Kier molecular flexibility index (Phi) is 6.14. The molecule has 0 spiro atoms. The maximum absolute atomic E-state index is 15.1. The van der Waals surface area contributed by atoms with Crippen LogP contribution < -0.4 is 0 Å². The van der Waals surface area contributed by atoms with Crippen LogP contribution in [0.1, 0.15) is 94.2 Å². The lowest BCUT2D eigenvalue weighted by Gasteiger charge is -2.30. The normalized spacial score (nSPS) is 23.7. The van der Waals surface area contributed by atoms with E-state index in [2.05, 4.69) is 32.1 Å². The highest BCUT2D eigenvalue weighted by molar-refractivity contribution is 5.42. The van der Waals surface area contributed by atoms with E-state index in [0.717, 1.165) is 36.3 Å². The zero-order valence-electron chi connectivity index (χ0n) is 15.5. The lowest BCUT2D eigenvalue weighted by Crippen LogP contribution is -2.16. The molecule has 0 unspecified atom stereocenters. The molecular weight excluding hydrogens is 295 g/mol. The molecule has 1 aromatic rings. The summed E-state index contributed by atoms with van der Waals surface area (Å²) in [5, 5.41) is 0. The Morgan fingerprint density at radius 1 is 1.04 bits per heavy atom. The molecule has 0 nitrogen and oxygen atoms in total. The van der Waals surface area contributed by atoms with Crippen LogP contribution in [0.3, 0.4) is 0 Å². The van der Waals surface area contributed by atoms with Crippen molar-refractivity contribution in [1.29, 1.82) is 0 Å². The Morgan fingerprint density at radius 2 is 1.83 bits per heavy atom. The quantitative estimate of drug-likeness (QED) is 0.488. The lowest BCUT2D eigenvalue weighted by atomic mass is 9.76. The van der Waals surface area contributed by atoms with Crippen LogP contribution in [-0.2, 0) is 12.8 Å². The van der Waals surface area contributed by atoms with Crippen molar-refractivity contribution in [2.45, 2.75) is 90.4 Å². The molecule has 1 aromatic carbocycles. The van der Waals surface area contributed by atoms with Gasteiger partial charge in [0.2, 0.25) is 0 Å². The molecule has 0 aromatic heterocycles. The molecule has 3 rings (SSSR count). The van der Waals surface area contributed by atoms with Gasteiger partial charge in [0.25, 0.3) is 0 Å². The molecule has 0 saturated heterocycles. The van der Waals surface area contributed by atoms with Crippen LogP contribution in [0, 0.1) is 11.7 Å². The maximum atomic E-state index is 15.1. The first-order valence-electron chi connectivity index (χ1n) is 10.2. The summed E-state index contributed by atoms with van der Waals surface area (Å²) in [6.45, 7) is 4.49. The van der Waals surface area contributed by atoms with Gasteiger partial charge in [-0.2, -0.15) is 0 Å². The second-order valence-electron chi connectivity index (χ2n) is 7.96. The number of unbranched alkanes of at least 4 members (excludes halogenated alkanes) is 1. The van der Waals surface area contributed by atoms with Gasteiger partial charge in [0.1, 0.15) is 5.82 Å². The van der Waals surface area contributed by atoms with Crippen molar-refractivity contribution < 1.29 is 4.39 Å². The minimum atomic E-state index is 0.122. The minimum absolute atomic E-state index is 0.122.